The first-order valence-electron chi connectivity index (χ1n) is 5.11. The number of amides is 2. The number of nitrogens with one attached hydrogen (secondary N) is 2. The Bertz CT molecular complexity index is 379. The zero-order valence-electron chi connectivity index (χ0n) is 9.47. The maximum atomic E-state index is 11.3. The molecule has 6 nitrogen and oxygen atoms in total. The monoisotopic (exact) mass is 237 g/mol. The fourth-order valence-corrected chi connectivity index (χ4v) is 0.947. The average molecular weight is 237 g/mol. The molecule has 92 valence electrons. The van der Waals surface area contributed by atoms with Crippen LogP contribution in [-0.4, -0.2) is 24.5 Å². The molecule has 0 spiro atoms. The van der Waals surface area contributed by atoms with E-state index in [1.54, 1.807) is 24.3 Å². The number of hydrogen-bond donors (Lipinski definition) is 3. The fourth-order valence-electron chi connectivity index (χ4n) is 0.947. The highest BCUT2D eigenvalue weighted by atomic mass is 16.5. The molecule has 0 saturated carbocycles. The van der Waals surface area contributed by atoms with Gasteiger partial charge in [0.05, 0.1) is 6.04 Å². The zero-order chi connectivity index (χ0) is 12.7. The Hall–Kier alpha value is -2.08. The molecule has 1 aromatic carbocycles. The lowest BCUT2D eigenvalue weighted by atomic mass is 10.3. The molecule has 4 N–H and O–H groups in total. The van der Waals surface area contributed by atoms with E-state index < -0.39 is 17.9 Å². The van der Waals surface area contributed by atoms with Crippen molar-refractivity contribution in [2.24, 2.45) is 5.73 Å². The van der Waals surface area contributed by atoms with Crippen molar-refractivity contribution in [3.8, 4) is 5.75 Å². The Kier molecular flexibility index (Phi) is 4.96. The summed E-state index contributed by atoms with van der Waals surface area (Å²) in [6, 6.07) is 8.22. The number of carbonyl (C=O) groups is 2. The topological polar surface area (TPSA) is 93.5 Å². The SMILES string of the molecule is CC(N)C(=O)NNC(=O)COc1ccccc1. The molecule has 1 atom stereocenters. The number of carbonyl (C=O) groups excluding carboxylic acids is 2. The Morgan fingerprint density at radius 3 is 2.53 bits per heavy atom. The molecular weight excluding hydrogens is 222 g/mol. The van der Waals surface area contributed by atoms with Crippen LogP contribution < -0.4 is 21.3 Å². The molecule has 0 aliphatic carbocycles. The van der Waals surface area contributed by atoms with E-state index in [0.717, 1.165) is 0 Å². The van der Waals surface area contributed by atoms with Gasteiger partial charge in [-0.05, 0) is 19.1 Å². The number of rotatable bonds is 4. The van der Waals surface area contributed by atoms with Crippen LogP contribution in [-0.2, 0) is 9.59 Å². The summed E-state index contributed by atoms with van der Waals surface area (Å²) in [7, 11) is 0. The number of hydrogen-bond acceptors (Lipinski definition) is 4. The lowest BCUT2D eigenvalue weighted by Crippen LogP contribution is -2.49. The molecule has 0 aliphatic rings. The Labute approximate surface area is 99.1 Å². The van der Waals surface area contributed by atoms with Gasteiger partial charge in [-0.3, -0.25) is 20.4 Å². The number of ether oxygens (including phenoxy) is 1. The van der Waals surface area contributed by atoms with Gasteiger partial charge in [-0.25, -0.2) is 0 Å². The Balaban J connectivity index is 2.24. The molecule has 1 aromatic rings. The van der Waals surface area contributed by atoms with E-state index in [2.05, 4.69) is 10.9 Å². The standard InChI is InChI=1S/C11H15N3O3/c1-8(12)11(16)14-13-10(15)7-17-9-5-3-2-4-6-9/h2-6,8H,7,12H2,1H3,(H,13,15)(H,14,16). The van der Waals surface area contributed by atoms with Crippen LogP contribution in [0.4, 0.5) is 0 Å². The van der Waals surface area contributed by atoms with Gasteiger partial charge in [0.25, 0.3) is 11.8 Å². The van der Waals surface area contributed by atoms with Gasteiger partial charge in [-0.2, -0.15) is 0 Å². The minimum absolute atomic E-state index is 0.177. The summed E-state index contributed by atoms with van der Waals surface area (Å²) in [4.78, 5) is 22.3. The van der Waals surface area contributed by atoms with Gasteiger partial charge in [0, 0.05) is 0 Å². The van der Waals surface area contributed by atoms with Gasteiger partial charge in [0.2, 0.25) is 0 Å². The summed E-state index contributed by atoms with van der Waals surface area (Å²) in [5.74, 6) is -0.331. The summed E-state index contributed by atoms with van der Waals surface area (Å²) < 4.78 is 5.17. The summed E-state index contributed by atoms with van der Waals surface area (Å²) >= 11 is 0. The maximum Gasteiger partial charge on any atom is 0.276 e. The van der Waals surface area contributed by atoms with E-state index in [4.69, 9.17) is 10.5 Å². The average Bonchev–Trinajstić information content (AvgIpc) is 2.34. The van der Waals surface area contributed by atoms with E-state index in [9.17, 15) is 9.59 Å². The predicted octanol–water partition coefficient (Wildman–Crippen LogP) is -0.440. The lowest BCUT2D eigenvalue weighted by Gasteiger charge is -2.09. The van der Waals surface area contributed by atoms with Crippen LogP contribution in [0.15, 0.2) is 30.3 Å². The molecule has 1 rings (SSSR count). The zero-order valence-corrected chi connectivity index (χ0v) is 9.47. The quantitative estimate of drug-likeness (QED) is 0.619. The van der Waals surface area contributed by atoms with Crippen LogP contribution >= 0.6 is 0 Å². The van der Waals surface area contributed by atoms with Crippen LogP contribution in [0.5, 0.6) is 5.75 Å². The molecule has 0 radical (unpaired) electrons. The first kappa shape index (κ1) is 13.0. The molecule has 1 unspecified atom stereocenters. The Morgan fingerprint density at radius 1 is 1.29 bits per heavy atom. The third kappa shape index (κ3) is 4.98. The normalized spacial score (nSPS) is 11.4. The number of hydrazine groups is 1. The smallest absolute Gasteiger partial charge is 0.276 e. The van der Waals surface area contributed by atoms with Crippen LogP contribution in [0.3, 0.4) is 0 Å². The molecule has 6 heteroatoms. The molecule has 17 heavy (non-hydrogen) atoms. The molecule has 2 amide bonds. The van der Waals surface area contributed by atoms with Crippen molar-refractivity contribution in [2.45, 2.75) is 13.0 Å². The van der Waals surface area contributed by atoms with Gasteiger partial charge < -0.3 is 10.5 Å². The van der Waals surface area contributed by atoms with E-state index in [-0.39, 0.29) is 6.61 Å². The van der Waals surface area contributed by atoms with Gasteiger partial charge in [0.15, 0.2) is 6.61 Å². The molecular formula is C11H15N3O3. The molecule has 0 fully saturated rings. The first-order valence-corrected chi connectivity index (χ1v) is 5.11. The van der Waals surface area contributed by atoms with Crippen LogP contribution in [0.25, 0.3) is 0 Å². The van der Waals surface area contributed by atoms with Crippen molar-refractivity contribution in [2.75, 3.05) is 6.61 Å². The highest BCUT2D eigenvalue weighted by Crippen LogP contribution is 2.07. The van der Waals surface area contributed by atoms with Crippen LogP contribution in [0.1, 0.15) is 6.92 Å². The van der Waals surface area contributed by atoms with Gasteiger partial charge in [-0.1, -0.05) is 18.2 Å². The highest BCUT2D eigenvalue weighted by Gasteiger charge is 2.08. The second-order valence-electron chi connectivity index (χ2n) is 3.43. The van der Waals surface area contributed by atoms with Gasteiger partial charge >= 0.3 is 0 Å². The highest BCUT2D eigenvalue weighted by molar-refractivity contribution is 5.85. The number of benzene rings is 1. The minimum atomic E-state index is -0.676. The molecule has 0 saturated heterocycles. The molecule has 0 aromatic heterocycles. The van der Waals surface area contributed by atoms with E-state index in [1.807, 2.05) is 6.07 Å². The van der Waals surface area contributed by atoms with Gasteiger partial charge in [0.1, 0.15) is 5.75 Å². The molecule has 0 bridgehead atoms. The van der Waals surface area contributed by atoms with Gasteiger partial charge in [-0.15, -0.1) is 0 Å². The third-order valence-corrected chi connectivity index (χ3v) is 1.85. The fraction of sp³-hybridized carbons (Fsp3) is 0.273. The predicted molar refractivity (Wildman–Crippen MR) is 61.9 cm³/mol. The second-order valence-corrected chi connectivity index (χ2v) is 3.43. The maximum absolute atomic E-state index is 11.3. The van der Waals surface area contributed by atoms with Crippen molar-refractivity contribution < 1.29 is 14.3 Å². The molecule has 0 heterocycles. The summed E-state index contributed by atoms with van der Waals surface area (Å²) in [6.45, 7) is 1.34. The van der Waals surface area contributed by atoms with E-state index in [0.29, 0.717) is 5.75 Å². The van der Waals surface area contributed by atoms with Crippen molar-refractivity contribution in [3.05, 3.63) is 30.3 Å². The minimum Gasteiger partial charge on any atom is -0.484 e. The number of para-hydroxylation sites is 1. The largest absolute Gasteiger partial charge is 0.484 e. The van der Waals surface area contributed by atoms with Crippen molar-refractivity contribution in [1.29, 1.82) is 0 Å². The van der Waals surface area contributed by atoms with E-state index in [1.165, 1.54) is 6.92 Å². The second kappa shape index (κ2) is 6.49. The molecule has 0 aliphatic heterocycles. The van der Waals surface area contributed by atoms with Crippen molar-refractivity contribution >= 4 is 11.8 Å². The summed E-state index contributed by atoms with van der Waals surface area (Å²) in [5.41, 5.74) is 9.66. The van der Waals surface area contributed by atoms with E-state index >= 15 is 0 Å². The first-order chi connectivity index (χ1) is 8.09. The van der Waals surface area contributed by atoms with Crippen LogP contribution in [0.2, 0.25) is 0 Å². The Morgan fingerprint density at radius 2 is 1.94 bits per heavy atom. The van der Waals surface area contributed by atoms with Crippen LogP contribution in [0, 0.1) is 0 Å². The van der Waals surface area contributed by atoms with Crippen molar-refractivity contribution in [3.63, 3.8) is 0 Å². The number of nitrogens with two attached hydrogens (primary N) is 1. The third-order valence-electron chi connectivity index (χ3n) is 1.85. The summed E-state index contributed by atoms with van der Waals surface area (Å²) in [6.07, 6.45) is 0. The summed E-state index contributed by atoms with van der Waals surface area (Å²) in [5, 5.41) is 0. The van der Waals surface area contributed by atoms with Crippen molar-refractivity contribution in [1.82, 2.24) is 10.9 Å². The lowest BCUT2D eigenvalue weighted by molar-refractivity contribution is -0.130.